The SMILES string of the molecule is C[C@H]1[C@@H](NC(=Nc2ccc3c(=O)n(CCc4ccc(Cl)cc4Cl)cnc3c2)N2CCc3ccccc3C2)C[C@H]2C[C@H]1C2(C)C. The van der Waals surface area contributed by atoms with Crippen molar-refractivity contribution in [1.82, 2.24) is 19.8 Å². The van der Waals surface area contributed by atoms with E-state index in [0.29, 0.717) is 51.3 Å². The lowest BCUT2D eigenvalue weighted by Crippen LogP contribution is -2.62. The van der Waals surface area contributed by atoms with Gasteiger partial charge in [0, 0.05) is 35.7 Å². The average molecular weight is 629 g/mol. The first-order valence-corrected chi connectivity index (χ1v) is 16.5. The summed E-state index contributed by atoms with van der Waals surface area (Å²) in [6, 6.07) is 20.3. The molecular weight excluding hydrogens is 589 g/mol. The molecule has 6 nitrogen and oxygen atoms in total. The standard InChI is InChI=1S/C36H39Cl2N5O/c1-22-30-16-26(36(30,2)3)17-32(22)41-35(42-14-12-23-6-4-5-7-25(23)20-42)40-28-10-11-29-33(19-28)39-21-43(34(29)44)15-13-24-8-9-27(37)18-31(24)38/h4-11,18-19,21-22,26,30,32H,12-17,20H2,1-3H3,(H,40,41)/t22-,26-,30-,32+/m1/s1. The second-order valence-corrected chi connectivity index (χ2v) is 14.4. The Morgan fingerprint density at radius 2 is 1.89 bits per heavy atom. The minimum absolute atomic E-state index is 0.0699. The number of rotatable bonds is 5. The van der Waals surface area contributed by atoms with Crippen LogP contribution in [0.3, 0.4) is 0 Å². The van der Waals surface area contributed by atoms with Crippen molar-refractivity contribution >= 4 is 45.8 Å². The summed E-state index contributed by atoms with van der Waals surface area (Å²) < 4.78 is 1.64. The van der Waals surface area contributed by atoms with Gasteiger partial charge in [0.1, 0.15) is 0 Å². The molecule has 3 fully saturated rings. The Labute approximate surface area is 269 Å². The molecule has 2 heterocycles. The molecule has 8 rings (SSSR count). The lowest BCUT2D eigenvalue weighted by molar-refractivity contribution is -0.112. The van der Waals surface area contributed by atoms with E-state index in [1.807, 2.05) is 30.3 Å². The summed E-state index contributed by atoms with van der Waals surface area (Å²) in [7, 11) is 0. The number of guanidine groups is 1. The fourth-order valence-corrected chi connectivity index (χ4v) is 8.34. The molecule has 4 atom stereocenters. The van der Waals surface area contributed by atoms with E-state index in [4.69, 9.17) is 28.2 Å². The molecule has 0 spiro atoms. The van der Waals surface area contributed by atoms with Crippen molar-refractivity contribution < 1.29 is 0 Å². The molecule has 3 aliphatic carbocycles. The first-order chi connectivity index (χ1) is 21.2. The summed E-state index contributed by atoms with van der Waals surface area (Å²) in [5.41, 5.74) is 5.52. The number of hydrogen-bond donors (Lipinski definition) is 1. The van der Waals surface area contributed by atoms with Gasteiger partial charge in [-0.1, -0.05) is 74.3 Å². The Kier molecular flexibility index (Phi) is 7.70. The number of hydrogen-bond acceptors (Lipinski definition) is 3. The molecule has 4 aromatic rings. The molecule has 0 radical (unpaired) electrons. The van der Waals surface area contributed by atoms with Gasteiger partial charge < -0.3 is 10.2 Å². The summed E-state index contributed by atoms with van der Waals surface area (Å²) >= 11 is 12.4. The van der Waals surface area contributed by atoms with Gasteiger partial charge in [-0.25, -0.2) is 9.98 Å². The summed E-state index contributed by atoms with van der Waals surface area (Å²) in [4.78, 5) is 25.7. The fraction of sp³-hybridized carbons (Fsp3) is 0.417. The Balaban J connectivity index is 1.16. The number of fused-ring (bicyclic) bond motifs is 4. The van der Waals surface area contributed by atoms with Gasteiger partial charge in [-0.15, -0.1) is 0 Å². The van der Waals surface area contributed by atoms with Crippen LogP contribution in [0.4, 0.5) is 5.69 Å². The van der Waals surface area contributed by atoms with Crippen molar-refractivity contribution in [1.29, 1.82) is 0 Å². The van der Waals surface area contributed by atoms with E-state index >= 15 is 0 Å². The van der Waals surface area contributed by atoms with E-state index in [1.165, 1.54) is 24.0 Å². The van der Waals surface area contributed by atoms with Crippen LogP contribution in [0, 0.1) is 23.2 Å². The smallest absolute Gasteiger partial charge is 0.261 e. The fourth-order valence-electron chi connectivity index (χ4n) is 7.84. The van der Waals surface area contributed by atoms with E-state index in [9.17, 15) is 4.79 Å². The number of aromatic nitrogens is 2. The molecule has 0 amide bonds. The van der Waals surface area contributed by atoms with E-state index in [0.717, 1.165) is 48.6 Å². The third-order valence-electron chi connectivity index (χ3n) is 10.8. The van der Waals surface area contributed by atoms with Gasteiger partial charge in [-0.2, -0.15) is 0 Å². The van der Waals surface area contributed by atoms with Gasteiger partial charge in [-0.3, -0.25) is 9.36 Å². The molecule has 0 saturated heterocycles. The van der Waals surface area contributed by atoms with Crippen molar-refractivity contribution in [3.05, 3.63) is 104 Å². The van der Waals surface area contributed by atoms with Crippen molar-refractivity contribution in [3.63, 3.8) is 0 Å². The Morgan fingerprint density at radius 3 is 2.66 bits per heavy atom. The number of aryl methyl sites for hydroxylation is 2. The maximum atomic E-state index is 13.4. The van der Waals surface area contributed by atoms with Crippen LogP contribution in [0.2, 0.25) is 10.0 Å². The first kappa shape index (κ1) is 29.4. The largest absolute Gasteiger partial charge is 0.353 e. The zero-order valence-corrected chi connectivity index (χ0v) is 27.1. The minimum atomic E-state index is -0.0699. The Hall–Kier alpha value is -3.35. The summed E-state index contributed by atoms with van der Waals surface area (Å²) in [6.45, 7) is 9.52. The topological polar surface area (TPSA) is 62.5 Å². The van der Waals surface area contributed by atoms with Crippen LogP contribution in [-0.2, 0) is 25.9 Å². The molecule has 3 aromatic carbocycles. The highest BCUT2D eigenvalue weighted by Gasteiger charge is 2.56. The van der Waals surface area contributed by atoms with Crippen molar-refractivity contribution in [2.24, 2.45) is 28.2 Å². The Bertz CT molecular complexity index is 1810. The highest BCUT2D eigenvalue weighted by Crippen LogP contribution is 2.61. The van der Waals surface area contributed by atoms with Crippen molar-refractivity contribution in [2.75, 3.05) is 6.54 Å². The van der Waals surface area contributed by atoms with Crippen LogP contribution >= 0.6 is 23.2 Å². The predicted octanol–water partition coefficient (Wildman–Crippen LogP) is 7.65. The molecule has 0 unspecified atom stereocenters. The zero-order chi connectivity index (χ0) is 30.6. The van der Waals surface area contributed by atoms with Gasteiger partial charge in [0.25, 0.3) is 5.56 Å². The third kappa shape index (κ3) is 5.41. The van der Waals surface area contributed by atoms with Crippen LogP contribution in [0.1, 0.15) is 50.3 Å². The number of halogens is 2. The zero-order valence-electron chi connectivity index (χ0n) is 25.6. The van der Waals surface area contributed by atoms with Gasteiger partial charge in [0.05, 0.1) is 22.9 Å². The molecule has 1 aliphatic heterocycles. The first-order valence-electron chi connectivity index (χ1n) is 15.8. The maximum Gasteiger partial charge on any atom is 0.261 e. The molecular formula is C36H39Cl2N5O. The quantitative estimate of drug-likeness (QED) is 0.182. The second-order valence-electron chi connectivity index (χ2n) is 13.5. The molecule has 1 aromatic heterocycles. The third-order valence-corrected chi connectivity index (χ3v) is 11.4. The molecule has 228 valence electrons. The Morgan fingerprint density at radius 1 is 1.07 bits per heavy atom. The second kappa shape index (κ2) is 11.5. The number of benzene rings is 3. The van der Waals surface area contributed by atoms with E-state index in [2.05, 4.69) is 60.2 Å². The van der Waals surface area contributed by atoms with Crippen molar-refractivity contribution in [2.45, 2.75) is 65.6 Å². The summed E-state index contributed by atoms with van der Waals surface area (Å²) in [5, 5.41) is 5.71. The van der Waals surface area contributed by atoms with E-state index in [1.54, 1.807) is 17.0 Å². The minimum Gasteiger partial charge on any atom is -0.353 e. The van der Waals surface area contributed by atoms with Crippen LogP contribution in [0.25, 0.3) is 10.9 Å². The van der Waals surface area contributed by atoms with Crippen LogP contribution < -0.4 is 10.9 Å². The molecule has 4 aliphatic rings. The van der Waals surface area contributed by atoms with Crippen LogP contribution in [-0.4, -0.2) is 33.0 Å². The normalized spacial score (nSPS) is 24.1. The van der Waals surface area contributed by atoms with Crippen LogP contribution in [0.5, 0.6) is 0 Å². The van der Waals surface area contributed by atoms with Gasteiger partial charge in [0.15, 0.2) is 5.96 Å². The monoisotopic (exact) mass is 627 g/mol. The van der Waals surface area contributed by atoms with E-state index < -0.39 is 0 Å². The number of nitrogens with zero attached hydrogens (tertiary/aromatic N) is 4. The molecule has 3 saturated carbocycles. The molecule has 2 bridgehead atoms. The summed E-state index contributed by atoms with van der Waals surface area (Å²) in [6.07, 6.45) is 5.75. The maximum absolute atomic E-state index is 13.4. The average Bonchev–Trinajstić information content (AvgIpc) is 3.01. The van der Waals surface area contributed by atoms with Gasteiger partial charge in [0.2, 0.25) is 0 Å². The molecule has 1 N–H and O–H groups in total. The van der Waals surface area contributed by atoms with Gasteiger partial charge >= 0.3 is 0 Å². The number of nitrogens with one attached hydrogen (secondary N) is 1. The summed E-state index contributed by atoms with van der Waals surface area (Å²) in [5.74, 6) is 3.00. The van der Waals surface area contributed by atoms with E-state index in [-0.39, 0.29) is 5.56 Å². The highest BCUT2D eigenvalue weighted by molar-refractivity contribution is 6.35. The highest BCUT2D eigenvalue weighted by atomic mass is 35.5. The van der Waals surface area contributed by atoms with Crippen molar-refractivity contribution in [3.8, 4) is 0 Å². The predicted molar refractivity (Wildman–Crippen MR) is 180 cm³/mol. The number of aliphatic imine (C=N–C) groups is 1. The lowest BCUT2D eigenvalue weighted by atomic mass is 9.45. The molecule has 44 heavy (non-hydrogen) atoms. The van der Waals surface area contributed by atoms with Gasteiger partial charge in [-0.05, 0) is 95.9 Å². The molecule has 8 heteroatoms. The van der Waals surface area contributed by atoms with Crippen LogP contribution in [0.15, 0.2) is 76.8 Å². The lowest BCUT2D eigenvalue weighted by Gasteiger charge is -2.62.